The van der Waals surface area contributed by atoms with Gasteiger partial charge in [0.1, 0.15) is 11.6 Å². The Balaban J connectivity index is 1.37. The second-order valence-electron chi connectivity index (χ2n) is 7.80. The summed E-state index contributed by atoms with van der Waals surface area (Å²) >= 11 is 0. The van der Waals surface area contributed by atoms with Gasteiger partial charge in [-0.05, 0) is 48.9 Å². The zero-order valence-electron chi connectivity index (χ0n) is 17.8. The summed E-state index contributed by atoms with van der Waals surface area (Å²) in [6.45, 7) is 1.81. The fourth-order valence-electron chi connectivity index (χ4n) is 3.68. The molecule has 2 aromatic heterocycles. The number of aromatic nitrogens is 3. The van der Waals surface area contributed by atoms with Gasteiger partial charge in [0.15, 0.2) is 5.82 Å². The number of halogens is 3. The van der Waals surface area contributed by atoms with Crippen LogP contribution in [0.5, 0.6) is 11.6 Å². The molecular weight excluding hydrogens is 435 g/mol. The minimum Gasteiger partial charge on any atom is -0.438 e. The number of likely N-dealkylation sites (tertiary alicyclic amines) is 1. The first-order valence-electron chi connectivity index (χ1n) is 10.4. The molecule has 0 bridgehead atoms. The monoisotopic (exact) mass is 457 g/mol. The number of pyridine rings is 1. The molecular formula is C23H22F3N5O2. The summed E-state index contributed by atoms with van der Waals surface area (Å²) in [4.78, 5) is 26.6. The molecule has 2 atom stereocenters. The first-order valence-corrected chi connectivity index (χ1v) is 10.4. The Labute approximate surface area is 188 Å². The molecule has 0 radical (unpaired) electrons. The van der Waals surface area contributed by atoms with E-state index in [0.29, 0.717) is 11.3 Å². The van der Waals surface area contributed by atoms with Crippen LogP contribution in [0.4, 0.5) is 19.0 Å². The highest BCUT2D eigenvalue weighted by Crippen LogP contribution is 2.40. The Kier molecular flexibility index (Phi) is 6.55. The molecule has 3 heterocycles. The summed E-state index contributed by atoms with van der Waals surface area (Å²) in [6, 6.07) is 7.94. The van der Waals surface area contributed by atoms with Crippen molar-refractivity contribution in [3.63, 3.8) is 0 Å². The van der Waals surface area contributed by atoms with Crippen molar-refractivity contribution in [1.82, 2.24) is 19.9 Å². The van der Waals surface area contributed by atoms with Crippen molar-refractivity contribution in [3.05, 3.63) is 72.6 Å². The molecule has 1 aliphatic heterocycles. The van der Waals surface area contributed by atoms with E-state index in [4.69, 9.17) is 4.74 Å². The van der Waals surface area contributed by atoms with Gasteiger partial charge < -0.3 is 10.1 Å². The molecule has 1 aliphatic rings. The van der Waals surface area contributed by atoms with E-state index in [1.165, 1.54) is 49.1 Å². The van der Waals surface area contributed by atoms with Gasteiger partial charge in [-0.3, -0.25) is 14.7 Å². The topological polar surface area (TPSA) is 80.2 Å². The molecule has 1 aromatic carbocycles. The van der Waals surface area contributed by atoms with Gasteiger partial charge in [0, 0.05) is 31.9 Å². The summed E-state index contributed by atoms with van der Waals surface area (Å²) < 4.78 is 47.6. The number of hydrogen-bond acceptors (Lipinski definition) is 6. The second-order valence-corrected chi connectivity index (χ2v) is 7.80. The quantitative estimate of drug-likeness (QED) is 0.596. The molecule has 0 spiro atoms. The SMILES string of the molecule is CC(C(=O)Nc1cnc(Oc2ccc(F)cc2)cn1)N1CCC(F)(F)[C@@H](c2ccncc2)C1. The van der Waals surface area contributed by atoms with Crippen LogP contribution in [0.1, 0.15) is 24.8 Å². The number of hydrogen-bond donors (Lipinski definition) is 1. The Morgan fingerprint density at radius 2 is 1.88 bits per heavy atom. The normalized spacial score (nSPS) is 19.0. The molecule has 7 nitrogen and oxygen atoms in total. The van der Waals surface area contributed by atoms with E-state index in [0.717, 1.165) is 0 Å². The van der Waals surface area contributed by atoms with Gasteiger partial charge in [-0.15, -0.1) is 0 Å². The number of ether oxygens (including phenoxy) is 1. The van der Waals surface area contributed by atoms with Crippen molar-refractivity contribution in [3.8, 4) is 11.6 Å². The summed E-state index contributed by atoms with van der Waals surface area (Å²) in [6.07, 6.45) is 5.29. The van der Waals surface area contributed by atoms with Gasteiger partial charge in [0.25, 0.3) is 5.92 Å². The minimum absolute atomic E-state index is 0.0434. The van der Waals surface area contributed by atoms with E-state index < -0.39 is 17.9 Å². The van der Waals surface area contributed by atoms with E-state index in [-0.39, 0.29) is 42.9 Å². The van der Waals surface area contributed by atoms with E-state index in [2.05, 4.69) is 20.3 Å². The molecule has 1 fully saturated rings. The molecule has 172 valence electrons. The molecule has 3 aromatic rings. The lowest BCUT2D eigenvalue weighted by molar-refractivity contribution is -0.125. The standard InChI is InChI=1S/C23H22F3N5O2/c1-15(31-11-8-23(25,26)19(14-31)16-6-9-27-10-7-16)22(32)30-20-12-29-21(13-28-20)33-18-4-2-17(24)3-5-18/h2-7,9-10,12-13,15,19H,8,11,14H2,1H3,(H,28,30,32)/t15?,19-/m1/s1. The average Bonchev–Trinajstić information content (AvgIpc) is 2.82. The molecule has 0 aliphatic carbocycles. The number of alkyl halides is 2. The second kappa shape index (κ2) is 9.53. The highest BCUT2D eigenvalue weighted by atomic mass is 19.3. The molecule has 1 unspecified atom stereocenters. The Morgan fingerprint density at radius 1 is 1.15 bits per heavy atom. The number of carbonyl (C=O) groups is 1. The van der Waals surface area contributed by atoms with Crippen molar-refractivity contribution < 1.29 is 22.7 Å². The number of rotatable bonds is 6. The van der Waals surface area contributed by atoms with Crippen molar-refractivity contribution in [2.24, 2.45) is 0 Å². The first-order chi connectivity index (χ1) is 15.8. The Bertz CT molecular complexity index is 1080. The number of nitrogens with zero attached hydrogens (tertiary/aromatic N) is 4. The van der Waals surface area contributed by atoms with E-state index in [9.17, 15) is 18.0 Å². The third-order valence-electron chi connectivity index (χ3n) is 5.61. The predicted molar refractivity (Wildman–Crippen MR) is 115 cm³/mol. The lowest BCUT2D eigenvalue weighted by atomic mass is 9.87. The average molecular weight is 457 g/mol. The summed E-state index contributed by atoms with van der Waals surface area (Å²) in [5.41, 5.74) is 0.495. The third-order valence-corrected chi connectivity index (χ3v) is 5.61. The maximum Gasteiger partial charge on any atom is 0.257 e. The predicted octanol–water partition coefficient (Wildman–Crippen LogP) is 4.25. The van der Waals surface area contributed by atoms with Gasteiger partial charge in [-0.25, -0.2) is 23.1 Å². The third kappa shape index (κ3) is 5.46. The van der Waals surface area contributed by atoms with Crippen molar-refractivity contribution in [2.45, 2.75) is 31.2 Å². The maximum absolute atomic E-state index is 14.6. The highest BCUT2D eigenvalue weighted by Gasteiger charge is 2.46. The van der Waals surface area contributed by atoms with Crippen molar-refractivity contribution in [1.29, 1.82) is 0 Å². The van der Waals surface area contributed by atoms with E-state index in [1.807, 2.05) is 0 Å². The zero-order valence-corrected chi connectivity index (χ0v) is 17.8. The van der Waals surface area contributed by atoms with Crippen molar-refractivity contribution >= 4 is 11.7 Å². The summed E-state index contributed by atoms with van der Waals surface area (Å²) in [7, 11) is 0. The largest absolute Gasteiger partial charge is 0.438 e. The van der Waals surface area contributed by atoms with Crippen LogP contribution in [0, 0.1) is 5.82 Å². The van der Waals surface area contributed by atoms with Crippen LogP contribution >= 0.6 is 0 Å². The van der Waals surface area contributed by atoms with Crippen LogP contribution in [-0.2, 0) is 4.79 Å². The van der Waals surface area contributed by atoms with Crippen molar-refractivity contribution in [2.75, 3.05) is 18.4 Å². The Morgan fingerprint density at radius 3 is 2.55 bits per heavy atom. The number of benzene rings is 1. The van der Waals surface area contributed by atoms with Crippen LogP contribution in [-0.4, -0.2) is 50.8 Å². The maximum atomic E-state index is 14.6. The molecule has 0 saturated carbocycles. The lowest BCUT2D eigenvalue weighted by Gasteiger charge is -2.40. The smallest absolute Gasteiger partial charge is 0.257 e. The molecule has 1 amide bonds. The fourth-order valence-corrected chi connectivity index (χ4v) is 3.68. The zero-order chi connectivity index (χ0) is 23.4. The molecule has 1 saturated heterocycles. The fraction of sp³-hybridized carbons (Fsp3) is 0.304. The molecule has 1 N–H and O–H groups in total. The van der Waals surface area contributed by atoms with Crippen LogP contribution in [0.2, 0.25) is 0 Å². The van der Waals surface area contributed by atoms with Crippen LogP contribution in [0.25, 0.3) is 0 Å². The number of carbonyl (C=O) groups excluding carboxylic acids is 1. The number of nitrogens with one attached hydrogen (secondary N) is 1. The van der Waals surface area contributed by atoms with Crippen LogP contribution < -0.4 is 10.1 Å². The summed E-state index contributed by atoms with van der Waals surface area (Å²) in [5.74, 6) is -3.88. The lowest BCUT2D eigenvalue weighted by Crippen LogP contribution is -2.52. The number of anilines is 1. The first kappa shape index (κ1) is 22.7. The van der Waals surface area contributed by atoms with Gasteiger partial charge in [-0.2, -0.15) is 0 Å². The minimum atomic E-state index is -2.86. The van der Waals surface area contributed by atoms with Gasteiger partial charge in [0.05, 0.1) is 24.4 Å². The summed E-state index contributed by atoms with van der Waals surface area (Å²) in [5, 5.41) is 2.66. The van der Waals surface area contributed by atoms with Gasteiger partial charge in [0.2, 0.25) is 11.8 Å². The number of amides is 1. The molecule has 10 heteroatoms. The van der Waals surface area contributed by atoms with Crippen LogP contribution in [0.3, 0.4) is 0 Å². The van der Waals surface area contributed by atoms with Crippen LogP contribution in [0.15, 0.2) is 61.2 Å². The Hall–Kier alpha value is -3.53. The number of piperidine rings is 1. The molecule has 33 heavy (non-hydrogen) atoms. The van der Waals surface area contributed by atoms with E-state index in [1.54, 1.807) is 24.0 Å². The van der Waals surface area contributed by atoms with Gasteiger partial charge in [-0.1, -0.05) is 0 Å². The molecule has 4 rings (SSSR count). The van der Waals surface area contributed by atoms with Gasteiger partial charge >= 0.3 is 0 Å². The van der Waals surface area contributed by atoms with E-state index >= 15 is 0 Å². The highest BCUT2D eigenvalue weighted by molar-refractivity contribution is 5.93.